The molecule has 4 N–H and O–H groups in total. The van der Waals surface area contributed by atoms with Crippen molar-refractivity contribution in [2.24, 2.45) is 0 Å². The van der Waals surface area contributed by atoms with E-state index in [0.717, 1.165) is 4.90 Å². The third-order valence-electron chi connectivity index (χ3n) is 4.93. The van der Waals surface area contributed by atoms with E-state index >= 15 is 0 Å². The van der Waals surface area contributed by atoms with Crippen LogP contribution in [0.3, 0.4) is 0 Å². The first kappa shape index (κ1) is 20.4. The summed E-state index contributed by atoms with van der Waals surface area (Å²) in [5.74, 6) is 0.219. The standard InChI is InChI=1S/C16H18BClN5O5PS/c17-29(25)26-5-9-12(28-29)11(24)15(27-9)23-14-10(13(19)20-6-21-14)22-16(23)30-8-3-1-7(18)2-4-8/h1-4,6,9,11-12,15,24-25,29H,5,17H2,(H2,19,20,21)/t9-,11?,12-,15-/m1/s1. The molecule has 0 radical (unpaired) electrons. The number of nitrogens with two attached hydrogens (primary N) is 1. The van der Waals surface area contributed by atoms with Crippen molar-refractivity contribution in [2.45, 2.75) is 34.6 Å². The Hall–Kier alpha value is -1.50. The van der Waals surface area contributed by atoms with Crippen molar-refractivity contribution < 1.29 is 23.8 Å². The van der Waals surface area contributed by atoms with Gasteiger partial charge in [-0.3, -0.25) is 0 Å². The van der Waals surface area contributed by atoms with Gasteiger partial charge in [-0.25, -0.2) is 0 Å². The van der Waals surface area contributed by atoms with E-state index in [-0.39, 0.29) is 12.4 Å². The molecule has 0 amide bonds. The van der Waals surface area contributed by atoms with Gasteiger partial charge in [0, 0.05) is 0 Å². The zero-order valence-corrected chi connectivity index (χ0v) is 18.2. The molecule has 30 heavy (non-hydrogen) atoms. The summed E-state index contributed by atoms with van der Waals surface area (Å²) in [5.41, 5.74) is 6.83. The Bertz CT molecular complexity index is 1110. The number of fused-ring (bicyclic) bond motifs is 2. The molecule has 158 valence electrons. The van der Waals surface area contributed by atoms with E-state index in [9.17, 15) is 10.00 Å². The number of hydrogen-bond donors (Lipinski definition) is 3. The number of benzene rings is 1. The van der Waals surface area contributed by atoms with Crippen molar-refractivity contribution in [2.75, 3.05) is 12.3 Å². The number of nitrogens with zero attached hydrogens (tertiary/aromatic N) is 4. The SMILES string of the molecule is B[PH]1(O)OC[C@H]2O[C@@H](n3c(Sc4ccc(Cl)cc4)nc4c(N)ncnc43)C(O)[C@@H]2O1. The van der Waals surface area contributed by atoms with Gasteiger partial charge in [0.25, 0.3) is 0 Å². The van der Waals surface area contributed by atoms with Crippen LogP contribution in [-0.2, 0) is 13.8 Å². The molecule has 5 rings (SSSR count). The maximum absolute atomic E-state index is 11.0. The number of anilines is 1. The molecule has 1 unspecified atom stereocenters. The summed E-state index contributed by atoms with van der Waals surface area (Å²) in [6, 6.07) is 7.27. The average Bonchev–Trinajstić information content (AvgIpc) is 3.21. The first-order chi connectivity index (χ1) is 14.3. The minimum atomic E-state index is -3.30. The molecule has 1 aromatic carbocycles. The number of aromatic nitrogens is 4. The van der Waals surface area contributed by atoms with Gasteiger partial charge in [-0.2, -0.15) is 0 Å². The number of aliphatic hydroxyl groups is 1. The van der Waals surface area contributed by atoms with Crippen LogP contribution in [0, 0.1) is 0 Å². The van der Waals surface area contributed by atoms with Gasteiger partial charge in [0.05, 0.1) is 0 Å². The Morgan fingerprint density at radius 1 is 1.30 bits per heavy atom. The molecule has 3 aromatic rings. The fourth-order valence-corrected chi connectivity index (χ4v) is 5.92. The molecular weight excluding hydrogens is 452 g/mol. The van der Waals surface area contributed by atoms with Crippen molar-refractivity contribution in [3.63, 3.8) is 0 Å². The number of imidazole rings is 1. The topological polar surface area (TPSA) is 138 Å². The number of halogens is 1. The summed E-state index contributed by atoms with van der Waals surface area (Å²) >= 11 is 7.33. The van der Waals surface area contributed by atoms with Crippen molar-refractivity contribution in [1.29, 1.82) is 0 Å². The van der Waals surface area contributed by atoms with E-state index in [4.69, 9.17) is 31.1 Å². The molecule has 0 aliphatic carbocycles. The van der Waals surface area contributed by atoms with Crippen LogP contribution in [0.15, 0.2) is 40.6 Å². The monoisotopic (exact) mass is 469 g/mol. The van der Waals surface area contributed by atoms with Gasteiger partial charge in [-0.15, -0.1) is 0 Å². The number of nitrogen functional groups attached to an aromatic ring is 1. The molecule has 14 heteroatoms. The van der Waals surface area contributed by atoms with E-state index < -0.39 is 32.4 Å². The van der Waals surface area contributed by atoms with Gasteiger partial charge in [-0.05, 0) is 0 Å². The third-order valence-corrected chi connectivity index (χ3v) is 7.57. The number of rotatable bonds is 3. The zero-order valence-electron chi connectivity index (χ0n) is 15.7. The van der Waals surface area contributed by atoms with Gasteiger partial charge in [0.2, 0.25) is 0 Å². The van der Waals surface area contributed by atoms with E-state index in [1.807, 2.05) is 12.1 Å². The van der Waals surface area contributed by atoms with E-state index in [1.54, 1.807) is 16.7 Å². The number of hydrogen-bond acceptors (Lipinski definition) is 10. The van der Waals surface area contributed by atoms with E-state index in [0.29, 0.717) is 21.3 Å². The quantitative estimate of drug-likeness (QED) is 0.375. The van der Waals surface area contributed by atoms with Crippen LogP contribution >= 0.6 is 31.2 Å². The normalized spacial score (nSPS) is 29.0. The molecule has 4 heterocycles. The molecule has 2 saturated heterocycles. The van der Waals surface area contributed by atoms with E-state index in [2.05, 4.69) is 15.0 Å². The summed E-state index contributed by atoms with van der Waals surface area (Å²) in [7, 11) is -1.80. The molecule has 2 fully saturated rings. The predicted molar refractivity (Wildman–Crippen MR) is 115 cm³/mol. The van der Waals surface area contributed by atoms with Crippen LogP contribution in [0.4, 0.5) is 5.82 Å². The summed E-state index contributed by atoms with van der Waals surface area (Å²) in [6.07, 6.45) is -1.87. The Balaban J connectivity index is 1.57. The number of ether oxygens (including phenoxy) is 1. The summed E-state index contributed by atoms with van der Waals surface area (Å²) < 4.78 is 18.7. The second-order valence-electron chi connectivity index (χ2n) is 7.10. The summed E-state index contributed by atoms with van der Waals surface area (Å²) in [4.78, 5) is 24.0. The zero-order chi connectivity index (χ0) is 21.0. The number of aliphatic hydroxyl groups excluding tert-OH is 1. The second kappa shape index (κ2) is 7.58. The van der Waals surface area contributed by atoms with Crippen LogP contribution in [0.5, 0.6) is 0 Å². The second-order valence-corrected chi connectivity index (χ2v) is 10.9. The Morgan fingerprint density at radius 3 is 2.83 bits per heavy atom. The first-order valence-electron chi connectivity index (χ1n) is 9.12. The molecule has 0 saturated carbocycles. The van der Waals surface area contributed by atoms with Crippen molar-refractivity contribution in [3.8, 4) is 0 Å². The van der Waals surface area contributed by atoms with Crippen LogP contribution < -0.4 is 5.73 Å². The Kier molecular flexibility index (Phi) is 5.15. The molecule has 2 aliphatic rings. The molecule has 10 nitrogen and oxygen atoms in total. The van der Waals surface area contributed by atoms with Gasteiger partial charge >= 0.3 is 182 Å². The van der Waals surface area contributed by atoms with Crippen molar-refractivity contribution in [1.82, 2.24) is 19.5 Å². The van der Waals surface area contributed by atoms with Crippen LogP contribution in [-0.4, -0.2) is 62.0 Å². The van der Waals surface area contributed by atoms with Crippen LogP contribution in [0.1, 0.15) is 6.23 Å². The maximum atomic E-state index is 11.0. The van der Waals surface area contributed by atoms with Gasteiger partial charge < -0.3 is 0 Å². The molecule has 4 atom stereocenters. The molecule has 0 bridgehead atoms. The molecular formula is C16H18BClN5O5PS. The van der Waals surface area contributed by atoms with Gasteiger partial charge in [0.1, 0.15) is 0 Å². The fraction of sp³-hybridized carbons (Fsp3) is 0.312. The molecule has 2 aliphatic heterocycles. The average molecular weight is 470 g/mol. The summed E-state index contributed by atoms with van der Waals surface area (Å²) in [6.45, 7) is 0.126. The van der Waals surface area contributed by atoms with Crippen LogP contribution in [0.25, 0.3) is 11.2 Å². The third kappa shape index (κ3) is 3.57. The Labute approximate surface area is 181 Å². The molecule has 0 spiro atoms. The molecule has 2 aromatic heterocycles. The fourth-order valence-electron chi connectivity index (χ4n) is 3.55. The Morgan fingerprint density at radius 2 is 2.07 bits per heavy atom. The first-order valence-corrected chi connectivity index (χ1v) is 12.6. The van der Waals surface area contributed by atoms with E-state index in [1.165, 1.54) is 25.7 Å². The van der Waals surface area contributed by atoms with Gasteiger partial charge in [-0.1, -0.05) is 0 Å². The van der Waals surface area contributed by atoms with Crippen molar-refractivity contribution >= 4 is 55.7 Å². The van der Waals surface area contributed by atoms with Gasteiger partial charge in [0.15, 0.2) is 0 Å². The minimum absolute atomic E-state index is 0.126. The summed E-state index contributed by atoms with van der Waals surface area (Å²) in [5, 5.41) is 12.1. The predicted octanol–water partition coefficient (Wildman–Crippen LogP) is 0.922. The van der Waals surface area contributed by atoms with Crippen molar-refractivity contribution in [3.05, 3.63) is 35.6 Å². The van der Waals surface area contributed by atoms with Crippen LogP contribution in [0.2, 0.25) is 5.02 Å².